The summed E-state index contributed by atoms with van der Waals surface area (Å²) in [6.45, 7) is 5.95. The lowest BCUT2D eigenvalue weighted by atomic mass is 9.83. The monoisotopic (exact) mass is 375 g/mol. The molecule has 1 aliphatic rings. The summed E-state index contributed by atoms with van der Waals surface area (Å²) in [7, 11) is 1.39. The van der Waals surface area contributed by atoms with Crippen molar-refractivity contribution in [3.05, 3.63) is 29.8 Å². The first-order valence-corrected chi connectivity index (χ1v) is 9.21. The van der Waals surface area contributed by atoms with Gasteiger partial charge >= 0.3 is 6.09 Å². The summed E-state index contributed by atoms with van der Waals surface area (Å²) in [6.07, 6.45) is 2.60. The van der Waals surface area contributed by atoms with Crippen LogP contribution >= 0.6 is 0 Å². The number of hydrogen-bond donors (Lipinski definition) is 2. The second-order valence-corrected chi connectivity index (χ2v) is 7.95. The van der Waals surface area contributed by atoms with E-state index in [1.807, 2.05) is 20.8 Å². The van der Waals surface area contributed by atoms with E-state index >= 15 is 0 Å². The van der Waals surface area contributed by atoms with E-state index in [2.05, 4.69) is 5.32 Å². The molecule has 0 spiro atoms. The summed E-state index contributed by atoms with van der Waals surface area (Å²) in [6, 6.07) is 6.58. The van der Waals surface area contributed by atoms with Gasteiger partial charge in [-0.15, -0.1) is 0 Å². The van der Waals surface area contributed by atoms with E-state index in [0.29, 0.717) is 24.1 Å². The lowest BCUT2D eigenvalue weighted by molar-refractivity contribution is -0.121. The first-order chi connectivity index (χ1) is 12.6. The molecular formula is C20H29N3O4. The maximum absolute atomic E-state index is 12.5. The van der Waals surface area contributed by atoms with Crippen LogP contribution in [-0.4, -0.2) is 41.5 Å². The Hall–Kier alpha value is -2.57. The van der Waals surface area contributed by atoms with E-state index in [-0.39, 0.29) is 29.5 Å². The average Bonchev–Trinajstić information content (AvgIpc) is 2.61. The molecule has 0 aliphatic heterocycles. The minimum atomic E-state index is -0.500. The van der Waals surface area contributed by atoms with Crippen LogP contribution in [0.4, 0.5) is 10.5 Å². The highest BCUT2D eigenvalue weighted by molar-refractivity contribution is 5.95. The van der Waals surface area contributed by atoms with Crippen molar-refractivity contribution in [1.29, 1.82) is 0 Å². The number of carbonyl (C=O) groups excluding carboxylic acids is 3. The van der Waals surface area contributed by atoms with Gasteiger partial charge in [-0.1, -0.05) is 0 Å². The molecule has 0 heterocycles. The number of hydrogen-bond acceptors (Lipinski definition) is 4. The maximum Gasteiger partial charge on any atom is 0.410 e. The van der Waals surface area contributed by atoms with E-state index in [1.54, 1.807) is 29.2 Å². The highest BCUT2D eigenvalue weighted by atomic mass is 16.5. The zero-order valence-electron chi connectivity index (χ0n) is 16.5. The lowest BCUT2D eigenvalue weighted by Gasteiger charge is -2.43. The number of nitrogens with two attached hydrogens (primary N) is 1. The van der Waals surface area contributed by atoms with E-state index < -0.39 is 5.91 Å². The van der Waals surface area contributed by atoms with Crippen molar-refractivity contribution in [2.45, 2.75) is 58.0 Å². The van der Waals surface area contributed by atoms with Crippen molar-refractivity contribution < 1.29 is 19.1 Å². The fourth-order valence-electron chi connectivity index (χ4n) is 3.63. The molecule has 148 valence electrons. The maximum atomic E-state index is 12.5. The topological polar surface area (TPSA) is 102 Å². The summed E-state index contributed by atoms with van der Waals surface area (Å²) in [4.78, 5) is 37.6. The Morgan fingerprint density at radius 3 is 2.07 bits per heavy atom. The smallest absolute Gasteiger partial charge is 0.410 e. The largest absolute Gasteiger partial charge is 0.453 e. The van der Waals surface area contributed by atoms with Gasteiger partial charge in [-0.25, -0.2) is 4.79 Å². The molecule has 0 saturated heterocycles. The summed E-state index contributed by atoms with van der Waals surface area (Å²) < 4.78 is 4.95. The van der Waals surface area contributed by atoms with E-state index in [4.69, 9.17) is 10.5 Å². The van der Waals surface area contributed by atoms with Gasteiger partial charge in [0, 0.05) is 28.7 Å². The fourth-order valence-corrected chi connectivity index (χ4v) is 3.63. The zero-order chi connectivity index (χ0) is 20.2. The second-order valence-electron chi connectivity index (χ2n) is 7.95. The normalized spacial score (nSPS) is 19.9. The molecule has 3 N–H and O–H groups in total. The van der Waals surface area contributed by atoms with Crippen LogP contribution in [0.15, 0.2) is 24.3 Å². The highest BCUT2D eigenvalue weighted by Crippen LogP contribution is 2.32. The molecule has 1 aromatic carbocycles. The number of amides is 3. The number of ether oxygens (including phenoxy) is 1. The van der Waals surface area contributed by atoms with Crippen LogP contribution in [0.1, 0.15) is 56.8 Å². The van der Waals surface area contributed by atoms with Gasteiger partial charge in [-0.2, -0.15) is 0 Å². The Morgan fingerprint density at radius 2 is 1.63 bits per heavy atom. The first kappa shape index (κ1) is 20.7. The van der Waals surface area contributed by atoms with Gasteiger partial charge in [-0.3, -0.25) is 9.59 Å². The van der Waals surface area contributed by atoms with Gasteiger partial charge in [-0.05, 0) is 70.7 Å². The Balaban J connectivity index is 1.95. The van der Waals surface area contributed by atoms with Crippen molar-refractivity contribution in [2.24, 2.45) is 11.7 Å². The van der Waals surface area contributed by atoms with Gasteiger partial charge in [0.1, 0.15) is 0 Å². The molecule has 0 unspecified atom stereocenters. The molecule has 0 bridgehead atoms. The predicted molar refractivity (Wildman–Crippen MR) is 103 cm³/mol. The molecule has 1 aliphatic carbocycles. The van der Waals surface area contributed by atoms with Crippen molar-refractivity contribution in [3.63, 3.8) is 0 Å². The third kappa shape index (κ3) is 5.21. The molecule has 0 radical (unpaired) electrons. The van der Waals surface area contributed by atoms with Gasteiger partial charge in [0.05, 0.1) is 7.11 Å². The van der Waals surface area contributed by atoms with Crippen LogP contribution in [0.5, 0.6) is 0 Å². The predicted octanol–water partition coefficient (Wildman–Crippen LogP) is 3.15. The summed E-state index contributed by atoms with van der Waals surface area (Å²) in [5.41, 5.74) is 5.92. The summed E-state index contributed by atoms with van der Waals surface area (Å²) in [5.74, 6) is -0.641. The number of benzene rings is 1. The number of carbonyl (C=O) groups is 3. The van der Waals surface area contributed by atoms with Gasteiger partial charge in [0.2, 0.25) is 11.8 Å². The Kier molecular flexibility index (Phi) is 6.46. The van der Waals surface area contributed by atoms with E-state index in [1.165, 1.54) is 7.11 Å². The molecular weight excluding hydrogens is 346 g/mol. The lowest BCUT2D eigenvalue weighted by Crippen LogP contribution is -2.53. The highest BCUT2D eigenvalue weighted by Gasteiger charge is 2.37. The Bertz CT molecular complexity index is 686. The van der Waals surface area contributed by atoms with Gasteiger partial charge in [0.25, 0.3) is 0 Å². The van der Waals surface area contributed by atoms with Crippen LogP contribution in [-0.2, 0) is 9.53 Å². The first-order valence-electron chi connectivity index (χ1n) is 9.21. The van der Waals surface area contributed by atoms with Crippen molar-refractivity contribution in [2.75, 3.05) is 12.4 Å². The van der Waals surface area contributed by atoms with Crippen LogP contribution in [0, 0.1) is 5.92 Å². The van der Waals surface area contributed by atoms with Crippen molar-refractivity contribution >= 4 is 23.6 Å². The van der Waals surface area contributed by atoms with Gasteiger partial charge in [0.15, 0.2) is 0 Å². The fraction of sp³-hybridized carbons (Fsp3) is 0.550. The molecule has 1 fully saturated rings. The number of primary amides is 1. The molecule has 7 nitrogen and oxygen atoms in total. The average molecular weight is 375 g/mol. The third-order valence-electron chi connectivity index (χ3n) is 4.96. The number of methoxy groups -OCH3 is 1. The number of anilines is 1. The second kappa shape index (κ2) is 8.41. The standard InChI is InChI=1S/C20H29N3O4/c1-20(2,3)23(19(26)27-4)16-11-7-14(8-12-16)18(25)22-15-9-5-13(6-10-15)17(21)24/h5-6,9-10,14,16H,7-8,11-12H2,1-4H3,(H2,21,24)(H,22,25). The molecule has 0 aromatic heterocycles. The molecule has 1 saturated carbocycles. The molecule has 2 rings (SSSR count). The summed E-state index contributed by atoms with van der Waals surface area (Å²) in [5, 5.41) is 2.89. The Labute approximate surface area is 160 Å². The van der Waals surface area contributed by atoms with E-state index in [0.717, 1.165) is 12.8 Å². The quantitative estimate of drug-likeness (QED) is 0.844. The number of rotatable bonds is 4. The number of nitrogens with one attached hydrogen (secondary N) is 1. The Morgan fingerprint density at radius 1 is 1.07 bits per heavy atom. The SMILES string of the molecule is COC(=O)N(C1CCC(C(=O)Nc2ccc(C(N)=O)cc2)CC1)C(C)(C)C. The number of nitrogens with zero attached hydrogens (tertiary/aromatic N) is 1. The minimum absolute atomic E-state index is 0.0411. The third-order valence-corrected chi connectivity index (χ3v) is 4.96. The zero-order valence-corrected chi connectivity index (χ0v) is 16.5. The van der Waals surface area contributed by atoms with Crippen LogP contribution in [0.25, 0.3) is 0 Å². The van der Waals surface area contributed by atoms with Crippen molar-refractivity contribution in [1.82, 2.24) is 4.90 Å². The van der Waals surface area contributed by atoms with Crippen LogP contribution < -0.4 is 11.1 Å². The molecule has 3 amide bonds. The molecule has 1 aromatic rings. The molecule has 0 atom stereocenters. The molecule has 7 heteroatoms. The minimum Gasteiger partial charge on any atom is -0.453 e. The van der Waals surface area contributed by atoms with Gasteiger partial charge < -0.3 is 20.7 Å². The van der Waals surface area contributed by atoms with E-state index in [9.17, 15) is 14.4 Å². The summed E-state index contributed by atoms with van der Waals surface area (Å²) >= 11 is 0. The van der Waals surface area contributed by atoms with Crippen molar-refractivity contribution in [3.8, 4) is 0 Å². The van der Waals surface area contributed by atoms with Crippen LogP contribution in [0.3, 0.4) is 0 Å². The van der Waals surface area contributed by atoms with Crippen LogP contribution in [0.2, 0.25) is 0 Å². The molecule has 27 heavy (non-hydrogen) atoms.